The van der Waals surface area contributed by atoms with Crippen molar-refractivity contribution in [2.45, 2.75) is 37.9 Å². The predicted molar refractivity (Wildman–Crippen MR) is 56.5 cm³/mol. The Morgan fingerprint density at radius 1 is 1.27 bits per heavy atom. The summed E-state index contributed by atoms with van der Waals surface area (Å²) in [7, 11) is -0.471. The van der Waals surface area contributed by atoms with Crippen molar-refractivity contribution < 1.29 is 0 Å². The molecule has 0 radical (unpaired) electrons. The van der Waals surface area contributed by atoms with Crippen molar-refractivity contribution in [3.8, 4) is 0 Å². The van der Waals surface area contributed by atoms with Crippen LogP contribution in [0.1, 0.15) is 32.6 Å². The van der Waals surface area contributed by atoms with E-state index in [0.29, 0.717) is 0 Å². The average molecular weight is 172 g/mol. The van der Waals surface area contributed by atoms with E-state index in [1.807, 2.05) is 0 Å². The summed E-state index contributed by atoms with van der Waals surface area (Å²) in [4.78, 5) is 1.43. The molecule has 1 heteroatoms. The highest BCUT2D eigenvalue weighted by molar-refractivity contribution is 8.36. The highest BCUT2D eigenvalue weighted by Crippen LogP contribution is 2.57. The Bertz CT molecular complexity index is 152. The molecule has 0 heterocycles. The van der Waals surface area contributed by atoms with Crippen molar-refractivity contribution in [1.29, 1.82) is 0 Å². The second-order valence-corrected chi connectivity index (χ2v) is 8.19. The number of rotatable bonds is 2. The highest BCUT2D eigenvalue weighted by atomic mass is 32.3. The molecule has 0 amide bonds. The van der Waals surface area contributed by atoms with Crippen LogP contribution in [-0.4, -0.2) is 17.8 Å². The zero-order valence-electron chi connectivity index (χ0n) is 8.02. The second kappa shape index (κ2) is 3.22. The molecular weight excluding hydrogens is 152 g/mol. The molecule has 1 aliphatic rings. The summed E-state index contributed by atoms with van der Waals surface area (Å²) in [6, 6.07) is 0. The Morgan fingerprint density at radius 2 is 1.73 bits per heavy atom. The van der Waals surface area contributed by atoms with Gasteiger partial charge in [-0.15, -0.1) is 0 Å². The maximum atomic E-state index is 4.11. The third-order valence-corrected chi connectivity index (χ3v) is 6.97. The van der Waals surface area contributed by atoms with Gasteiger partial charge in [-0.1, -0.05) is 19.4 Å². The van der Waals surface area contributed by atoms with Crippen molar-refractivity contribution in [3.63, 3.8) is 0 Å². The summed E-state index contributed by atoms with van der Waals surface area (Å²) < 4.78 is 0. The van der Waals surface area contributed by atoms with Gasteiger partial charge in [-0.3, -0.25) is 0 Å². The first kappa shape index (κ1) is 9.18. The molecule has 0 nitrogen and oxygen atoms in total. The lowest BCUT2D eigenvalue weighted by Crippen LogP contribution is -2.12. The van der Waals surface area contributed by atoms with Crippen LogP contribution in [0.2, 0.25) is 0 Å². The van der Waals surface area contributed by atoms with Crippen LogP contribution in [0.15, 0.2) is 11.5 Å². The van der Waals surface area contributed by atoms with E-state index in [0.717, 1.165) is 5.25 Å². The van der Waals surface area contributed by atoms with Crippen LogP contribution < -0.4 is 0 Å². The zero-order chi connectivity index (χ0) is 8.48. The molecule has 0 aliphatic heterocycles. The zero-order valence-corrected chi connectivity index (χ0v) is 8.84. The fourth-order valence-electron chi connectivity index (χ4n) is 1.76. The van der Waals surface area contributed by atoms with Gasteiger partial charge in [0.1, 0.15) is 0 Å². The van der Waals surface area contributed by atoms with E-state index in [1.165, 1.54) is 30.6 Å². The first-order chi connectivity index (χ1) is 5.05. The Labute approximate surface area is 72.4 Å². The summed E-state index contributed by atoms with van der Waals surface area (Å²) in [6.45, 7) is 6.31. The average Bonchev–Trinajstić information content (AvgIpc) is 2.37. The van der Waals surface area contributed by atoms with Gasteiger partial charge < -0.3 is 0 Å². The molecule has 66 valence electrons. The molecule has 0 unspecified atom stereocenters. The van der Waals surface area contributed by atoms with Crippen molar-refractivity contribution in [2.75, 3.05) is 12.5 Å². The summed E-state index contributed by atoms with van der Waals surface area (Å²) in [5.41, 5.74) is 0. The molecule has 1 aliphatic carbocycles. The molecule has 11 heavy (non-hydrogen) atoms. The van der Waals surface area contributed by atoms with E-state index < -0.39 is 10.0 Å². The van der Waals surface area contributed by atoms with E-state index in [9.17, 15) is 0 Å². The molecule has 1 rings (SSSR count). The number of hydrogen-bond donors (Lipinski definition) is 0. The minimum atomic E-state index is -0.471. The lowest BCUT2D eigenvalue weighted by molar-refractivity contribution is 0.886. The fraction of sp³-hybridized carbons (Fsp3) is 0.800. The van der Waals surface area contributed by atoms with Gasteiger partial charge in [-0.05, 0) is 42.4 Å². The van der Waals surface area contributed by atoms with Gasteiger partial charge >= 0.3 is 0 Å². The molecular formula is C10H20S. The molecule has 0 saturated heterocycles. The van der Waals surface area contributed by atoms with Crippen molar-refractivity contribution >= 4 is 10.0 Å². The molecule has 0 N–H and O–H groups in total. The summed E-state index contributed by atoms with van der Waals surface area (Å²) in [5.74, 6) is 0. The second-order valence-electron chi connectivity index (χ2n) is 4.01. The Kier molecular flexibility index (Phi) is 2.69. The highest BCUT2D eigenvalue weighted by Gasteiger charge is 2.27. The molecule has 0 aromatic rings. The smallest absolute Gasteiger partial charge is 0.00815 e. The fourth-order valence-corrected chi connectivity index (χ4v) is 3.84. The SMILES string of the molecule is C=C(C)S(C)(C)C1CCCC1. The third-order valence-electron chi connectivity index (χ3n) is 3.03. The van der Waals surface area contributed by atoms with Crippen LogP contribution >= 0.6 is 10.0 Å². The number of hydrogen-bond acceptors (Lipinski definition) is 0. The van der Waals surface area contributed by atoms with Crippen molar-refractivity contribution in [1.82, 2.24) is 0 Å². The standard InChI is InChI=1S/C10H20S/c1-9(2)11(3,4)10-7-5-6-8-10/h10H,1,5-8H2,2-4H3. The molecule has 1 saturated carbocycles. The Balaban J connectivity index is 2.62. The van der Waals surface area contributed by atoms with Gasteiger partial charge in [0.2, 0.25) is 0 Å². The topological polar surface area (TPSA) is 0 Å². The minimum Gasteiger partial charge on any atom is -0.222 e. The lowest BCUT2D eigenvalue weighted by Gasteiger charge is -2.38. The summed E-state index contributed by atoms with van der Waals surface area (Å²) >= 11 is 0. The monoisotopic (exact) mass is 172 g/mol. The van der Waals surface area contributed by atoms with Gasteiger partial charge in [0.25, 0.3) is 0 Å². The van der Waals surface area contributed by atoms with Gasteiger partial charge in [0, 0.05) is 0 Å². The van der Waals surface area contributed by atoms with E-state index in [2.05, 4.69) is 26.0 Å². The molecule has 0 aromatic carbocycles. The van der Waals surface area contributed by atoms with Crippen LogP contribution in [0.25, 0.3) is 0 Å². The van der Waals surface area contributed by atoms with E-state index >= 15 is 0 Å². The van der Waals surface area contributed by atoms with Crippen LogP contribution in [-0.2, 0) is 0 Å². The quantitative estimate of drug-likeness (QED) is 0.598. The predicted octanol–water partition coefficient (Wildman–Crippen LogP) is 3.53. The minimum absolute atomic E-state index is 0.471. The molecule has 0 aromatic heterocycles. The van der Waals surface area contributed by atoms with Crippen LogP contribution in [0, 0.1) is 0 Å². The van der Waals surface area contributed by atoms with Gasteiger partial charge in [0.05, 0.1) is 0 Å². The third kappa shape index (κ3) is 1.81. The molecule has 0 spiro atoms. The first-order valence-corrected chi connectivity index (χ1v) is 6.94. The van der Waals surface area contributed by atoms with Crippen LogP contribution in [0.5, 0.6) is 0 Å². The van der Waals surface area contributed by atoms with Crippen molar-refractivity contribution in [2.24, 2.45) is 0 Å². The Hall–Kier alpha value is 0.0900. The van der Waals surface area contributed by atoms with Crippen molar-refractivity contribution in [3.05, 3.63) is 11.5 Å². The largest absolute Gasteiger partial charge is 0.222 e. The summed E-state index contributed by atoms with van der Waals surface area (Å²) in [5, 5.41) is 0.986. The van der Waals surface area contributed by atoms with E-state index in [1.54, 1.807) is 0 Å². The first-order valence-electron chi connectivity index (χ1n) is 4.43. The van der Waals surface area contributed by atoms with Gasteiger partial charge in [-0.25, -0.2) is 10.0 Å². The lowest BCUT2D eigenvalue weighted by atomic mass is 10.4. The van der Waals surface area contributed by atoms with Gasteiger partial charge in [0.15, 0.2) is 0 Å². The maximum Gasteiger partial charge on any atom is -0.00815 e. The normalized spacial score (nSPS) is 22.1. The molecule has 0 bridgehead atoms. The van der Waals surface area contributed by atoms with E-state index in [4.69, 9.17) is 0 Å². The van der Waals surface area contributed by atoms with Gasteiger partial charge in [-0.2, -0.15) is 0 Å². The van der Waals surface area contributed by atoms with Crippen LogP contribution in [0.4, 0.5) is 0 Å². The van der Waals surface area contributed by atoms with Crippen LogP contribution in [0.3, 0.4) is 0 Å². The molecule has 0 atom stereocenters. The summed E-state index contributed by atoms with van der Waals surface area (Å²) in [6.07, 6.45) is 10.7. The van der Waals surface area contributed by atoms with E-state index in [-0.39, 0.29) is 0 Å². The number of allylic oxidation sites excluding steroid dienone is 1. The Morgan fingerprint density at radius 3 is 2.09 bits per heavy atom. The maximum absolute atomic E-state index is 4.11. The molecule has 1 fully saturated rings.